The van der Waals surface area contributed by atoms with E-state index >= 15 is 0 Å². The van der Waals surface area contributed by atoms with E-state index in [0.29, 0.717) is 18.6 Å². The third kappa shape index (κ3) is 2.79. The number of pyridine rings is 1. The van der Waals surface area contributed by atoms with Gasteiger partial charge in [-0.2, -0.15) is 0 Å². The summed E-state index contributed by atoms with van der Waals surface area (Å²) in [7, 11) is 0. The Bertz CT molecular complexity index is 985. The van der Waals surface area contributed by atoms with E-state index in [1.165, 1.54) is 0 Å². The highest BCUT2D eigenvalue weighted by Gasteiger charge is 2.30. The standard InChI is InChI=1S/C20H19N5O/c1-12-19-17(24-20(21)23-12)10-13(11-18(19)25-26)14-6-2-3-7-15(14)16-8-4-5-9-22-16/h2-9,13,26H,10-11H2,1H3,(H2,21,23,24)/b25-18+. The molecule has 0 aliphatic heterocycles. The van der Waals surface area contributed by atoms with Gasteiger partial charge >= 0.3 is 0 Å². The van der Waals surface area contributed by atoms with Crippen LogP contribution in [0.3, 0.4) is 0 Å². The van der Waals surface area contributed by atoms with Gasteiger partial charge in [0.15, 0.2) is 0 Å². The zero-order valence-corrected chi connectivity index (χ0v) is 14.4. The van der Waals surface area contributed by atoms with Crippen molar-refractivity contribution >= 4 is 11.7 Å². The first kappa shape index (κ1) is 16.2. The summed E-state index contributed by atoms with van der Waals surface area (Å²) in [4.78, 5) is 13.1. The largest absolute Gasteiger partial charge is 0.411 e. The van der Waals surface area contributed by atoms with Crippen molar-refractivity contribution in [3.05, 3.63) is 71.2 Å². The van der Waals surface area contributed by atoms with Gasteiger partial charge in [-0.05, 0) is 37.0 Å². The summed E-state index contributed by atoms with van der Waals surface area (Å²) in [6.45, 7) is 1.87. The van der Waals surface area contributed by atoms with Crippen LogP contribution in [0.4, 0.5) is 5.95 Å². The zero-order chi connectivity index (χ0) is 18.1. The molecule has 0 bridgehead atoms. The first-order valence-electron chi connectivity index (χ1n) is 8.52. The maximum absolute atomic E-state index is 9.57. The summed E-state index contributed by atoms with van der Waals surface area (Å²) in [5.41, 5.74) is 12.0. The Balaban J connectivity index is 1.82. The van der Waals surface area contributed by atoms with Gasteiger partial charge < -0.3 is 10.9 Å². The SMILES string of the molecule is Cc1nc(N)nc2c1/C(=N/O)CC(c1ccccc1-c1ccccn1)C2. The van der Waals surface area contributed by atoms with E-state index in [1.54, 1.807) is 6.20 Å². The van der Waals surface area contributed by atoms with E-state index in [9.17, 15) is 5.21 Å². The van der Waals surface area contributed by atoms with Crippen LogP contribution in [0.5, 0.6) is 0 Å². The third-order valence-corrected chi connectivity index (χ3v) is 4.81. The number of nitrogen functional groups attached to an aromatic ring is 1. The second kappa shape index (κ2) is 6.55. The number of hydrogen-bond donors (Lipinski definition) is 2. The fourth-order valence-corrected chi connectivity index (χ4v) is 3.74. The Labute approximate surface area is 151 Å². The fraction of sp³-hybridized carbons (Fsp3) is 0.200. The lowest BCUT2D eigenvalue weighted by molar-refractivity contribution is 0.316. The van der Waals surface area contributed by atoms with E-state index in [-0.39, 0.29) is 11.9 Å². The number of oxime groups is 1. The van der Waals surface area contributed by atoms with Crippen molar-refractivity contribution in [2.45, 2.75) is 25.7 Å². The molecule has 1 atom stereocenters. The van der Waals surface area contributed by atoms with Crippen LogP contribution in [0.15, 0.2) is 53.8 Å². The molecular weight excluding hydrogens is 326 g/mol. The van der Waals surface area contributed by atoms with E-state index in [1.807, 2.05) is 37.3 Å². The quantitative estimate of drug-likeness (QED) is 0.548. The lowest BCUT2D eigenvalue weighted by Gasteiger charge is -2.27. The second-order valence-corrected chi connectivity index (χ2v) is 6.44. The van der Waals surface area contributed by atoms with Crippen LogP contribution >= 0.6 is 0 Å². The van der Waals surface area contributed by atoms with Gasteiger partial charge in [-0.1, -0.05) is 35.5 Å². The molecule has 1 unspecified atom stereocenters. The molecule has 0 amide bonds. The Morgan fingerprint density at radius 3 is 2.65 bits per heavy atom. The average molecular weight is 345 g/mol. The molecular formula is C20H19N5O. The predicted molar refractivity (Wildman–Crippen MR) is 100 cm³/mol. The zero-order valence-electron chi connectivity index (χ0n) is 14.4. The van der Waals surface area contributed by atoms with Crippen LogP contribution in [0, 0.1) is 6.92 Å². The van der Waals surface area contributed by atoms with Crippen molar-refractivity contribution in [2.24, 2.45) is 5.16 Å². The predicted octanol–water partition coefficient (Wildman–Crippen LogP) is 3.34. The van der Waals surface area contributed by atoms with Gasteiger partial charge in [0.1, 0.15) is 0 Å². The monoisotopic (exact) mass is 345 g/mol. The van der Waals surface area contributed by atoms with Gasteiger partial charge in [-0.25, -0.2) is 9.97 Å². The Morgan fingerprint density at radius 1 is 1.08 bits per heavy atom. The van der Waals surface area contributed by atoms with Crippen LogP contribution < -0.4 is 5.73 Å². The minimum absolute atomic E-state index is 0.125. The van der Waals surface area contributed by atoms with E-state index in [4.69, 9.17) is 5.73 Å². The molecule has 0 radical (unpaired) electrons. The summed E-state index contributed by atoms with van der Waals surface area (Å²) < 4.78 is 0. The molecule has 0 spiro atoms. The number of aromatic nitrogens is 3. The summed E-state index contributed by atoms with van der Waals surface area (Å²) in [6.07, 6.45) is 3.12. The van der Waals surface area contributed by atoms with Gasteiger partial charge in [0.25, 0.3) is 0 Å². The van der Waals surface area contributed by atoms with Gasteiger partial charge in [-0.3, -0.25) is 4.98 Å². The average Bonchev–Trinajstić information content (AvgIpc) is 2.67. The van der Waals surface area contributed by atoms with Gasteiger partial charge in [-0.15, -0.1) is 0 Å². The molecule has 6 heteroatoms. The van der Waals surface area contributed by atoms with Crippen LogP contribution in [0.1, 0.15) is 34.9 Å². The Kier molecular flexibility index (Phi) is 4.08. The number of nitrogens with two attached hydrogens (primary N) is 1. The molecule has 2 heterocycles. The Morgan fingerprint density at radius 2 is 1.88 bits per heavy atom. The molecule has 3 N–H and O–H groups in total. The molecule has 26 heavy (non-hydrogen) atoms. The Hall–Kier alpha value is -3.28. The van der Waals surface area contributed by atoms with Crippen molar-refractivity contribution in [1.82, 2.24) is 15.0 Å². The molecule has 0 saturated carbocycles. The van der Waals surface area contributed by atoms with Crippen molar-refractivity contribution in [3.63, 3.8) is 0 Å². The lowest BCUT2D eigenvalue weighted by Crippen LogP contribution is -2.24. The number of benzene rings is 1. The van der Waals surface area contributed by atoms with Crippen LogP contribution in [-0.2, 0) is 6.42 Å². The molecule has 6 nitrogen and oxygen atoms in total. The molecule has 0 fully saturated rings. The summed E-state index contributed by atoms with van der Waals surface area (Å²) in [6, 6.07) is 14.1. The van der Waals surface area contributed by atoms with Crippen molar-refractivity contribution in [2.75, 3.05) is 5.73 Å². The molecule has 0 saturated heterocycles. The topological polar surface area (TPSA) is 97.3 Å². The summed E-state index contributed by atoms with van der Waals surface area (Å²) >= 11 is 0. The minimum Gasteiger partial charge on any atom is -0.411 e. The van der Waals surface area contributed by atoms with Crippen molar-refractivity contribution in [1.29, 1.82) is 0 Å². The molecule has 2 aromatic heterocycles. The van der Waals surface area contributed by atoms with E-state index in [2.05, 4.69) is 32.2 Å². The van der Waals surface area contributed by atoms with Crippen LogP contribution in [-0.4, -0.2) is 25.9 Å². The van der Waals surface area contributed by atoms with Gasteiger partial charge in [0.05, 0.1) is 22.8 Å². The number of anilines is 1. The molecule has 130 valence electrons. The number of aryl methyl sites for hydroxylation is 1. The van der Waals surface area contributed by atoms with E-state index in [0.717, 1.165) is 33.8 Å². The van der Waals surface area contributed by atoms with E-state index < -0.39 is 0 Å². The number of rotatable bonds is 2. The fourth-order valence-electron chi connectivity index (χ4n) is 3.74. The highest BCUT2D eigenvalue weighted by Crippen LogP contribution is 2.37. The molecule has 4 rings (SSSR count). The lowest BCUT2D eigenvalue weighted by atomic mass is 9.79. The molecule has 1 aromatic carbocycles. The first-order valence-corrected chi connectivity index (χ1v) is 8.52. The van der Waals surface area contributed by atoms with Crippen molar-refractivity contribution < 1.29 is 5.21 Å². The number of hydrogen-bond acceptors (Lipinski definition) is 6. The van der Waals surface area contributed by atoms with Crippen LogP contribution in [0.25, 0.3) is 11.3 Å². The van der Waals surface area contributed by atoms with Crippen molar-refractivity contribution in [3.8, 4) is 11.3 Å². The molecule has 3 aromatic rings. The summed E-state index contributed by atoms with van der Waals surface area (Å²) in [5.74, 6) is 0.373. The normalized spacial score (nSPS) is 17.9. The molecule has 1 aliphatic carbocycles. The molecule has 1 aliphatic rings. The second-order valence-electron chi connectivity index (χ2n) is 6.44. The third-order valence-electron chi connectivity index (χ3n) is 4.81. The first-order chi connectivity index (χ1) is 12.7. The maximum Gasteiger partial charge on any atom is 0.220 e. The van der Waals surface area contributed by atoms with Gasteiger partial charge in [0.2, 0.25) is 5.95 Å². The minimum atomic E-state index is 0.125. The number of nitrogens with zero attached hydrogens (tertiary/aromatic N) is 4. The highest BCUT2D eigenvalue weighted by atomic mass is 16.4. The summed E-state index contributed by atoms with van der Waals surface area (Å²) in [5, 5.41) is 13.1. The smallest absolute Gasteiger partial charge is 0.220 e. The maximum atomic E-state index is 9.57. The van der Waals surface area contributed by atoms with Gasteiger partial charge in [0, 0.05) is 23.7 Å². The van der Waals surface area contributed by atoms with Crippen LogP contribution in [0.2, 0.25) is 0 Å². The number of fused-ring (bicyclic) bond motifs is 1. The highest BCUT2D eigenvalue weighted by molar-refractivity contribution is 6.03.